The summed E-state index contributed by atoms with van der Waals surface area (Å²) in [4.78, 5) is 0. The second kappa shape index (κ2) is 5.17. The van der Waals surface area contributed by atoms with Gasteiger partial charge in [0.15, 0.2) is 0 Å². The van der Waals surface area contributed by atoms with Crippen molar-refractivity contribution in [3.05, 3.63) is 48.2 Å². The van der Waals surface area contributed by atoms with Crippen LogP contribution in [0.3, 0.4) is 0 Å². The van der Waals surface area contributed by atoms with Gasteiger partial charge in [-0.1, -0.05) is 31.9 Å². The molecule has 1 saturated carbocycles. The molecule has 1 aliphatic rings. The molecule has 1 aliphatic carbocycles. The topological polar surface area (TPSA) is 12.0 Å². The van der Waals surface area contributed by atoms with Crippen molar-refractivity contribution in [1.29, 1.82) is 0 Å². The second-order valence-corrected chi connectivity index (χ2v) is 5.17. The first-order valence-electron chi connectivity index (χ1n) is 6.38. The summed E-state index contributed by atoms with van der Waals surface area (Å²) in [5, 5.41) is 3.60. The monoisotopic (exact) mass is 237 g/mol. The first-order valence-corrected chi connectivity index (χ1v) is 6.38. The molecule has 1 aromatic carbocycles. The quantitative estimate of drug-likeness (QED) is 0.619. The van der Waals surface area contributed by atoms with Gasteiger partial charge in [0.05, 0.1) is 0 Å². The van der Waals surface area contributed by atoms with E-state index in [-0.39, 0.29) is 5.41 Å². The van der Waals surface area contributed by atoms with Crippen LogP contribution in [0.15, 0.2) is 42.7 Å². The fourth-order valence-electron chi connectivity index (χ4n) is 2.73. The standard InChI is InChI=1S/C17H19N/c1-4-11-17(3)12-7-10-16(17)18-15-9-6-8-14(5-2)13-15/h2,6,8-9,11,13,16,18H,1,7,10,12H2,3H3. The van der Waals surface area contributed by atoms with Gasteiger partial charge in [0.2, 0.25) is 0 Å². The van der Waals surface area contributed by atoms with Crippen LogP contribution in [0.2, 0.25) is 0 Å². The van der Waals surface area contributed by atoms with Gasteiger partial charge in [-0.15, -0.1) is 12.2 Å². The number of hydrogen-bond donors (Lipinski definition) is 1. The second-order valence-electron chi connectivity index (χ2n) is 5.17. The van der Waals surface area contributed by atoms with Crippen LogP contribution >= 0.6 is 0 Å². The van der Waals surface area contributed by atoms with E-state index in [4.69, 9.17) is 6.42 Å². The molecule has 1 aromatic rings. The van der Waals surface area contributed by atoms with Crippen molar-refractivity contribution < 1.29 is 0 Å². The summed E-state index contributed by atoms with van der Waals surface area (Å²) >= 11 is 0. The normalized spacial score (nSPS) is 26.1. The van der Waals surface area contributed by atoms with E-state index < -0.39 is 0 Å². The van der Waals surface area contributed by atoms with Gasteiger partial charge < -0.3 is 5.32 Å². The van der Waals surface area contributed by atoms with Crippen LogP contribution < -0.4 is 5.32 Å². The smallest absolute Gasteiger partial charge is 0.0355 e. The molecule has 2 unspecified atom stereocenters. The maximum Gasteiger partial charge on any atom is 0.0355 e. The molecule has 1 fully saturated rings. The van der Waals surface area contributed by atoms with Crippen LogP contribution in [0.4, 0.5) is 5.69 Å². The molecule has 18 heavy (non-hydrogen) atoms. The lowest BCUT2D eigenvalue weighted by atomic mass is 9.84. The first kappa shape index (κ1) is 12.6. The van der Waals surface area contributed by atoms with Crippen molar-refractivity contribution >= 4 is 5.69 Å². The number of terminal acetylenes is 1. The fourth-order valence-corrected chi connectivity index (χ4v) is 2.73. The summed E-state index contributed by atoms with van der Waals surface area (Å²) in [6.07, 6.45) is 11.1. The molecular weight excluding hydrogens is 218 g/mol. The number of benzene rings is 1. The minimum absolute atomic E-state index is 0.147. The van der Waals surface area contributed by atoms with Crippen molar-refractivity contribution in [3.63, 3.8) is 0 Å². The van der Waals surface area contributed by atoms with E-state index in [0.717, 1.165) is 11.3 Å². The van der Waals surface area contributed by atoms with Crippen LogP contribution in [-0.2, 0) is 0 Å². The highest BCUT2D eigenvalue weighted by Crippen LogP contribution is 2.40. The summed E-state index contributed by atoms with van der Waals surface area (Å²) in [6, 6.07) is 8.46. The number of rotatable bonds is 3. The maximum absolute atomic E-state index is 5.43. The van der Waals surface area contributed by atoms with E-state index in [9.17, 15) is 0 Å². The molecule has 0 aliphatic heterocycles. The third kappa shape index (κ3) is 2.50. The van der Waals surface area contributed by atoms with Gasteiger partial charge in [-0.3, -0.25) is 0 Å². The molecule has 2 rings (SSSR count). The molecule has 1 heteroatoms. The van der Waals surface area contributed by atoms with Gasteiger partial charge in [0.25, 0.3) is 0 Å². The fraction of sp³-hybridized carbons (Fsp3) is 0.353. The van der Waals surface area contributed by atoms with E-state index >= 15 is 0 Å². The van der Waals surface area contributed by atoms with E-state index in [2.05, 4.69) is 42.6 Å². The molecule has 2 atom stereocenters. The molecule has 0 heterocycles. The Labute approximate surface area is 110 Å². The molecule has 0 spiro atoms. The third-order valence-electron chi connectivity index (χ3n) is 3.81. The average Bonchev–Trinajstić information content (AvgIpc) is 2.71. The first-order chi connectivity index (χ1) is 8.68. The third-order valence-corrected chi connectivity index (χ3v) is 3.81. The van der Waals surface area contributed by atoms with Gasteiger partial charge in [-0.05, 0) is 37.1 Å². The lowest BCUT2D eigenvalue weighted by Gasteiger charge is -2.29. The summed E-state index contributed by atoms with van der Waals surface area (Å²) in [7, 11) is 0. The lowest BCUT2D eigenvalue weighted by molar-refractivity contribution is 0.409. The van der Waals surface area contributed by atoms with Crippen LogP contribution in [0.5, 0.6) is 0 Å². The largest absolute Gasteiger partial charge is 0.381 e. The summed E-state index contributed by atoms with van der Waals surface area (Å²) in [5.41, 5.74) is 5.10. The van der Waals surface area contributed by atoms with E-state index in [1.807, 2.05) is 18.2 Å². The van der Waals surface area contributed by atoms with Gasteiger partial charge >= 0.3 is 0 Å². The Balaban J connectivity index is 2.18. The number of anilines is 1. The van der Waals surface area contributed by atoms with Crippen molar-refractivity contribution in [2.24, 2.45) is 5.41 Å². The highest BCUT2D eigenvalue weighted by molar-refractivity contribution is 5.51. The van der Waals surface area contributed by atoms with E-state index in [1.54, 1.807) is 0 Å². The van der Waals surface area contributed by atoms with Gasteiger partial charge in [-0.2, -0.15) is 0 Å². The molecule has 0 saturated heterocycles. The molecule has 92 valence electrons. The highest BCUT2D eigenvalue weighted by Gasteiger charge is 2.36. The summed E-state index contributed by atoms with van der Waals surface area (Å²) in [5.74, 6) is 2.67. The van der Waals surface area contributed by atoms with Crippen LogP contribution in [0, 0.1) is 17.8 Å². The lowest BCUT2D eigenvalue weighted by Crippen LogP contribution is -2.31. The average molecular weight is 237 g/mol. The Kier molecular flexibility index (Phi) is 3.60. The van der Waals surface area contributed by atoms with Crippen molar-refractivity contribution in [2.45, 2.75) is 32.2 Å². The minimum atomic E-state index is 0.147. The molecule has 0 radical (unpaired) electrons. The van der Waals surface area contributed by atoms with Crippen molar-refractivity contribution in [3.8, 4) is 12.3 Å². The molecule has 0 bridgehead atoms. The Morgan fingerprint density at radius 3 is 3.11 bits per heavy atom. The Bertz CT molecular complexity index is 517. The zero-order valence-electron chi connectivity index (χ0n) is 10.9. The molecular formula is C17H19N. The predicted molar refractivity (Wildman–Crippen MR) is 77.5 cm³/mol. The maximum atomic E-state index is 5.43. The molecule has 1 nitrogen and oxygen atoms in total. The number of hydrogen-bond acceptors (Lipinski definition) is 1. The molecule has 0 amide bonds. The van der Waals surface area contributed by atoms with Crippen LogP contribution in [0.1, 0.15) is 31.7 Å². The Hall–Kier alpha value is -1.90. The molecule has 0 aromatic heterocycles. The summed E-state index contributed by atoms with van der Waals surface area (Å²) < 4.78 is 0. The van der Waals surface area contributed by atoms with Gasteiger partial charge in [0.1, 0.15) is 0 Å². The van der Waals surface area contributed by atoms with Crippen molar-refractivity contribution in [1.82, 2.24) is 0 Å². The zero-order valence-corrected chi connectivity index (χ0v) is 10.9. The number of nitrogens with one attached hydrogen (secondary N) is 1. The van der Waals surface area contributed by atoms with Crippen molar-refractivity contribution in [2.75, 3.05) is 5.32 Å². The Morgan fingerprint density at radius 2 is 2.39 bits per heavy atom. The van der Waals surface area contributed by atoms with E-state index in [1.165, 1.54) is 19.3 Å². The molecule has 1 N–H and O–H groups in total. The van der Waals surface area contributed by atoms with Gasteiger partial charge in [-0.25, -0.2) is 0 Å². The van der Waals surface area contributed by atoms with Gasteiger partial charge in [0, 0.05) is 22.7 Å². The van der Waals surface area contributed by atoms with Crippen LogP contribution in [-0.4, -0.2) is 6.04 Å². The SMILES string of the molecule is C#Cc1cccc(NC2CCCC2(C)C=C=C)c1. The summed E-state index contributed by atoms with van der Waals surface area (Å²) in [6.45, 7) is 5.97. The predicted octanol–water partition coefficient (Wildman–Crippen LogP) is 3.98. The zero-order chi connectivity index (χ0) is 13.0. The highest BCUT2D eigenvalue weighted by atomic mass is 14.9. The minimum Gasteiger partial charge on any atom is -0.381 e. The van der Waals surface area contributed by atoms with E-state index in [0.29, 0.717) is 6.04 Å². The Morgan fingerprint density at radius 1 is 1.56 bits per heavy atom. The van der Waals surface area contributed by atoms with Crippen LogP contribution in [0.25, 0.3) is 0 Å².